The van der Waals surface area contributed by atoms with Gasteiger partial charge in [-0.2, -0.15) is 0 Å². The van der Waals surface area contributed by atoms with Crippen molar-refractivity contribution in [1.82, 2.24) is 4.72 Å². The van der Waals surface area contributed by atoms with Crippen LogP contribution in [0, 0.1) is 0 Å². The van der Waals surface area contributed by atoms with Gasteiger partial charge in [0.2, 0.25) is 5.91 Å². The third-order valence-corrected chi connectivity index (χ3v) is 4.80. The Morgan fingerprint density at radius 3 is 2.08 bits per heavy atom. The van der Waals surface area contributed by atoms with E-state index in [1.165, 1.54) is 44.6 Å². The Balaban J connectivity index is 2.16. The van der Waals surface area contributed by atoms with Crippen molar-refractivity contribution in [2.45, 2.75) is 11.8 Å². The van der Waals surface area contributed by atoms with Crippen LogP contribution in [0.25, 0.3) is 0 Å². The molecule has 0 fully saturated rings. The van der Waals surface area contributed by atoms with E-state index in [2.05, 4.69) is 5.32 Å². The smallest absolute Gasteiger partial charge is 0.264 e. The Kier molecular flexibility index (Phi) is 5.83. The second-order valence-corrected chi connectivity index (χ2v) is 6.89. The number of sulfonamides is 1. The van der Waals surface area contributed by atoms with Gasteiger partial charge in [-0.05, 0) is 42.5 Å². The highest BCUT2D eigenvalue weighted by atomic mass is 32.2. The van der Waals surface area contributed by atoms with Gasteiger partial charge < -0.3 is 14.8 Å². The molecule has 2 rings (SSSR count). The summed E-state index contributed by atoms with van der Waals surface area (Å²) < 4.78 is 35.9. The van der Waals surface area contributed by atoms with Crippen LogP contribution in [-0.2, 0) is 14.8 Å². The summed E-state index contributed by atoms with van der Waals surface area (Å²) in [5.41, 5.74) is 0.740. The molecule has 0 spiro atoms. The van der Waals surface area contributed by atoms with Gasteiger partial charge in [0, 0.05) is 18.2 Å². The fraction of sp³-hybridized carbons (Fsp3) is 0.176. The number of amides is 2. The first-order valence-corrected chi connectivity index (χ1v) is 8.92. The summed E-state index contributed by atoms with van der Waals surface area (Å²) in [4.78, 5) is 23.2. The largest absolute Gasteiger partial charge is 0.493 e. The number of methoxy groups -OCH3 is 2. The van der Waals surface area contributed by atoms with Crippen LogP contribution < -0.4 is 19.5 Å². The lowest BCUT2D eigenvalue weighted by molar-refractivity contribution is -0.117. The molecule has 138 valence electrons. The number of benzene rings is 2. The van der Waals surface area contributed by atoms with Gasteiger partial charge in [-0.1, -0.05) is 0 Å². The molecule has 0 aliphatic carbocycles. The van der Waals surface area contributed by atoms with Gasteiger partial charge in [0.1, 0.15) is 0 Å². The Hall–Kier alpha value is -3.07. The molecule has 0 saturated carbocycles. The monoisotopic (exact) mass is 378 g/mol. The first-order chi connectivity index (χ1) is 12.3. The molecular weight excluding hydrogens is 360 g/mol. The Morgan fingerprint density at radius 1 is 0.923 bits per heavy atom. The van der Waals surface area contributed by atoms with Gasteiger partial charge in [-0.15, -0.1) is 0 Å². The van der Waals surface area contributed by atoms with Crippen molar-refractivity contribution in [3.05, 3.63) is 48.0 Å². The van der Waals surface area contributed by atoms with E-state index < -0.39 is 21.8 Å². The molecule has 0 unspecified atom stereocenters. The molecule has 0 aliphatic rings. The summed E-state index contributed by atoms with van der Waals surface area (Å²) in [6, 6.07) is 10.1. The summed E-state index contributed by atoms with van der Waals surface area (Å²) in [6.45, 7) is 1.11. The van der Waals surface area contributed by atoms with Crippen LogP contribution in [0.5, 0.6) is 11.5 Å². The number of hydrogen-bond acceptors (Lipinski definition) is 6. The minimum atomic E-state index is -3.92. The zero-order valence-corrected chi connectivity index (χ0v) is 15.2. The van der Waals surface area contributed by atoms with Crippen molar-refractivity contribution in [3.63, 3.8) is 0 Å². The van der Waals surface area contributed by atoms with Crippen molar-refractivity contribution in [2.75, 3.05) is 19.5 Å². The number of rotatable bonds is 6. The van der Waals surface area contributed by atoms with E-state index in [-0.39, 0.29) is 4.90 Å². The third-order valence-electron chi connectivity index (χ3n) is 3.35. The molecule has 0 bridgehead atoms. The lowest BCUT2D eigenvalue weighted by atomic mass is 10.2. The molecule has 2 aromatic rings. The second-order valence-electron chi connectivity index (χ2n) is 5.21. The molecule has 0 aliphatic heterocycles. The lowest BCUT2D eigenvalue weighted by Gasteiger charge is -2.10. The van der Waals surface area contributed by atoms with Crippen LogP contribution in [0.15, 0.2) is 47.4 Å². The molecule has 0 heterocycles. The quantitative estimate of drug-likeness (QED) is 0.793. The van der Waals surface area contributed by atoms with Crippen molar-refractivity contribution >= 4 is 27.5 Å². The summed E-state index contributed by atoms with van der Waals surface area (Å²) in [6.07, 6.45) is 0. The number of anilines is 1. The van der Waals surface area contributed by atoms with E-state index in [4.69, 9.17) is 9.47 Å². The van der Waals surface area contributed by atoms with Crippen molar-refractivity contribution in [1.29, 1.82) is 0 Å². The standard InChI is InChI=1S/C17H18N2O6S/c1-11(20)19-26(22,23)14-7-5-13(6-8-14)18-17(21)12-4-9-15(24-2)16(10-12)25-3/h4-10H,1-3H3,(H,18,21)(H,19,20). The SMILES string of the molecule is COc1ccc(C(=O)Nc2ccc(S(=O)(=O)NC(C)=O)cc2)cc1OC. The normalized spacial score (nSPS) is 10.7. The number of hydrogen-bond donors (Lipinski definition) is 2. The van der Waals surface area contributed by atoms with Crippen molar-refractivity contribution in [3.8, 4) is 11.5 Å². The maximum atomic E-state index is 12.3. The minimum Gasteiger partial charge on any atom is -0.493 e. The fourth-order valence-corrected chi connectivity index (χ4v) is 3.14. The molecule has 2 amide bonds. The molecule has 2 aromatic carbocycles. The Labute approximate surface area is 151 Å². The number of nitrogens with one attached hydrogen (secondary N) is 2. The number of carbonyl (C=O) groups excluding carboxylic acids is 2. The van der Waals surface area contributed by atoms with E-state index in [9.17, 15) is 18.0 Å². The first-order valence-electron chi connectivity index (χ1n) is 7.43. The zero-order valence-electron chi connectivity index (χ0n) is 14.4. The summed E-state index contributed by atoms with van der Waals surface area (Å²) in [5.74, 6) is -0.173. The number of ether oxygens (including phenoxy) is 2. The summed E-state index contributed by atoms with van der Waals surface area (Å²) in [7, 11) is -0.956. The molecule has 0 saturated heterocycles. The van der Waals surface area contributed by atoms with Crippen molar-refractivity contribution < 1.29 is 27.5 Å². The Bertz CT molecular complexity index is 923. The molecule has 9 heteroatoms. The average Bonchev–Trinajstić information content (AvgIpc) is 2.60. The van der Waals surface area contributed by atoms with Gasteiger partial charge in [-0.3, -0.25) is 9.59 Å². The minimum absolute atomic E-state index is 0.0863. The molecule has 2 N–H and O–H groups in total. The maximum absolute atomic E-state index is 12.3. The lowest BCUT2D eigenvalue weighted by Crippen LogP contribution is -2.28. The molecule has 0 radical (unpaired) electrons. The highest BCUT2D eigenvalue weighted by Gasteiger charge is 2.16. The van der Waals surface area contributed by atoms with Gasteiger partial charge >= 0.3 is 0 Å². The molecule has 0 atom stereocenters. The highest BCUT2D eigenvalue weighted by molar-refractivity contribution is 7.90. The molecular formula is C17H18N2O6S. The summed E-state index contributed by atoms with van der Waals surface area (Å²) >= 11 is 0. The van der Waals surface area contributed by atoms with Crippen LogP contribution in [-0.4, -0.2) is 34.5 Å². The highest BCUT2D eigenvalue weighted by Crippen LogP contribution is 2.28. The van der Waals surface area contributed by atoms with Gasteiger partial charge in [0.25, 0.3) is 15.9 Å². The number of carbonyl (C=O) groups is 2. The van der Waals surface area contributed by atoms with Crippen LogP contribution >= 0.6 is 0 Å². The second kappa shape index (κ2) is 7.87. The van der Waals surface area contributed by atoms with Gasteiger partial charge in [0.15, 0.2) is 11.5 Å². The van der Waals surface area contributed by atoms with Gasteiger partial charge in [0.05, 0.1) is 19.1 Å². The topological polar surface area (TPSA) is 111 Å². The van der Waals surface area contributed by atoms with E-state index in [1.54, 1.807) is 12.1 Å². The van der Waals surface area contributed by atoms with Crippen LogP contribution in [0.1, 0.15) is 17.3 Å². The molecule has 0 aromatic heterocycles. The first kappa shape index (κ1) is 19.3. The summed E-state index contributed by atoms with van der Waals surface area (Å²) in [5, 5.41) is 2.65. The maximum Gasteiger partial charge on any atom is 0.264 e. The van der Waals surface area contributed by atoms with Crippen LogP contribution in [0.4, 0.5) is 5.69 Å². The third kappa shape index (κ3) is 4.51. The average molecular weight is 378 g/mol. The molecule has 26 heavy (non-hydrogen) atoms. The van der Waals surface area contributed by atoms with Crippen LogP contribution in [0.2, 0.25) is 0 Å². The van der Waals surface area contributed by atoms with Crippen LogP contribution in [0.3, 0.4) is 0 Å². The molecule has 8 nitrogen and oxygen atoms in total. The predicted molar refractivity (Wildman–Crippen MR) is 94.9 cm³/mol. The van der Waals surface area contributed by atoms with Crippen molar-refractivity contribution in [2.24, 2.45) is 0 Å². The van der Waals surface area contributed by atoms with E-state index in [0.29, 0.717) is 22.7 Å². The predicted octanol–water partition coefficient (Wildman–Crippen LogP) is 1.78. The van der Waals surface area contributed by atoms with Gasteiger partial charge in [-0.25, -0.2) is 13.1 Å². The van der Waals surface area contributed by atoms with E-state index in [0.717, 1.165) is 6.92 Å². The van der Waals surface area contributed by atoms with E-state index >= 15 is 0 Å². The fourth-order valence-electron chi connectivity index (χ4n) is 2.15. The zero-order chi connectivity index (χ0) is 19.3. The Morgan fingerprint density at radius 2 is 1.54 bits per heavy atom. The van der Waals surface area contributed by atoms with E-state index in [1.807, 2.05) is 4.72 Å².